The monoisotopic (exact) mass is 223 g/mol. The Kier molecular flexibility index (Phi) is 3.10. The third-order valence-electron chi connectivity index (χ3n) is 1.62. The lowest BCUT2D eigenvalue weighted by Gasteiger charge is -2.06. The number of nitrogens with zero attached hydrogens (tertiary/aromatic N) is 1. The molecule has 0 spiro atoms. The van der Waals surface area contributed by atoms with Gasteiger partial charge in [-0.3, -0.25) is 9.78 Å². The fourth-order valence-electron chi connectivity index (χ4n) is 0.950. The fraction of sp³-hybridized carbons (Fsp3) is 0.250. The van der Waals surface area contributed by atoms with Gasteiger partial charge in [0.25, 0.3) is 11.7 Å². The van der Waals surface area contributed by atoms with Gasteiger partial charge in [-0.1, -0.05) is 0 Å². The molecule has 1 aromatic rings. The van der Waals surface area contributed by atoms with E-state index in [0.717, 1.165) is 6.20 Å². The largest absolute Gasteiger partial charge is 0.281 e. The first-order chi connectivity index (χ1) is 6.45. The number of aromatic nitrogens is 1. The van der Waals surface area contributed by atoms with Gasteiger partial charge in [0.15, 0.2) is 0 Å². The summed E-state index contributed by atoms with van der Waals surface area (Å²) >= 11 is 4.98. The van der Waals surface area contributed by atoms with Crippen molar-refractivity contribution in [2.75, 3.05) is 0 Å². The maximum absolute atomic E-state index is 13.2. The number of carbonyl (C=O) groups excluding carboxylic acids is 1. The van der Waals surface area contributed by atoms with Crippen LogP contribution < -0.4 is 0 Å². The maximum Gasteiger partial charge on any atom is 0.281 e. The third kappa shape index (κ3) is 1.87. The highest BCUT2D eigenvalue weighted by molar-refractivity contribution is 6.67. The molecule has 0 aliphatic rings. The van der Waals surface area contributed by atoms with E-state index in [-0.39, 0.29) is 5.56 Å². The summed E-state index contributed by atoms with van der Waals surface area (Å²) in [5.41, 5.74) is -1.77. The van der Waals surface area contributed by atoms with Crippen molar-refractivity contribution in [1.82, 2.24) is 4.98 Å². The minimum absolute atomic E-state index is 0.00148. The summed E-state index contributed by atoms with van der Waals surface area (Å²) in [4.78, 5) is 14.0. The Labute approximate surface area is 82.7 Å². The van der Waals surface area contributed by atoms with E-state index in [9.17, 15) is 18.0 Å². The van der Waals surface area contributed by atoms with Crippen LogP contribution in [-0.2, 0) is 0 Å². The second-order valence-electron chi connectivity index (χ2n) is 2.59. The van der Waals surface area contributed by atoms with Crippen LogP contribution in [0.5, 0.6) is 0 Å². The Morgan fingerprint density at radius 2 is 2.14 bits per heavy atom. The van der Waals surface area contributed by atoms with Crippen molar-refractivity contribution in [2.24, 2.45) is 0 Å². The van der Waals surface area contributed by atoms with Crippen molar-refractivity contribution < 1.29 is 18.0 Å². The van der Waals surface area contributed by atoms with Gasteiger partial charge in [-0.2, -0.15) is 0 Å². The summed E-state index contributed by atoms with van der Waals surface area (Å²) in [6.07, 6.45) is -2.09. The number of hydrogen-bond acceptors (Lipinski definition) is 2. The van der Waals surface area contributed by atoms with E-state index >= 15 is 0 Å². The van der Waals surface area contributed by atoms with Crippen LogP contribution >= 0.6 is 11.6 Å². The minimum atomic E-state index is -3.03. The van der Waals surface area contributed by atoms with Crippen LogP contribution in [-0.4, -0.2) is 10.2 Å². The van der Waals surface area contributed by atoms with E-state index in [1.54, 1.807) is 0 Å². The molecule has 1 rings (SSSR count). The van der Waals surface area contributed by atoms with Crippen molar-refractivity contribution in [3.05, 3.63) is 28.8 Å². The summed E-state index contributed by atoms with van der Waals surface area (Å²) in [5.74, 6) is -1.05. The summed E-state index contributed by atoms with van der Waals surface area (Å²) in [6, 6.07) is 0. The molecule has 2 nitrogen and oxygen atoms in total. The Hall–Kier alpha value is -1.10. The lowest BCUT2D eigenvalue weighted by Crippen LogP contribution is -2.06. The van der Waals surface area contributed by atoms with Crippen LogP contribution in [0.1, 0.15) is 28.0 Å². The van der Waals surface area contributed by atoms with Gasteiger partial charge >= 0.3 is 0 Å². The summed E-state index contributed by atoms with van der Waals surface area (Å²) in [6.45, 7) is 1.31. The number of alkyl halides is 2. The molecule has 0 aliphatic carbocycles. The number of rotatable bonds is 2. The van der Waals surface area contributed by atoms with Gasteiger partial charge in [0, 0.05) is 11.8 Å². The third-order valence-corrected chi connectivity index (χ3v) is 1.81. The predicted molar refractivity (Wildman–Crippen MR) is 44.1 cm³/mol. The van der Waals surface area contributed by atoms with E-state index in [1.165, 1.54) is 6.92 Å². The van der Waals surface area contributed by atoms with Crippen molar-refractivity contribution in [3.63, 3.8) is 0 Å². The molecule has 0 aromatic carbocycles. The molecule has 1 heterocycles. The molecule has 76 valence electrons. The van der Waals surface area contributed by atoms with Crippen LogP contribution in [0, 0.1) is 12.7 Å². The minimum Gasteiger partial charge on any atom is -0.275 e. The second kappa shape index (κ2) is 3.96. The Morgan fingerprint density at radius 3 is 2.57 bits per heavy atom. The number of carbonyl (C=O) groups is 1. The smallest absolute Gasteiger partial charge is 0.275 e. The summed E-state index contributed by atoms with van der Waals surface area (Å²) in [5, 5.41) is -1.27. The number of aryl methyl sites for hydroxylation is 1. The van der Waals surface area contributed by atoms with E-state index < -0.39 is 28.7 Å². The lowest BCUT2D eigenvalue weighted by molar-refractivity contribution is 0.105. The number of hydrogen-bond donors (Lipinski definition) is 0. The predicted octanol–water partition coefficient (Wildman–Crippen LogP) is 2.85. The molecule has 0 saturated carbocycles. The molecular weight excluding hydrogens is 219 g/mol. The van der Waals surface area contributed by atoms with Gasteiger partial charge in [-0.25, -0.2) is 13.2 Å². The van der Waals surface area contributed by atoms with Gasteiger partial charge < -0.3 is 0 Å². The summed E-state index contributed by atoms with van der Waals surface area (Å²) in [7, 11) is 0. The lowest BCUT2D eigenvalue weighted by atomic mass is 10.1. The highest BCUT2D eigenvalue weighted by Gasteiger charge is 2.23. The first kappa shape index (κ1) is 11.0. The molecule has 6 heteroatoms. The van der Waals surface area contributed by atoms with Gasteiger partial charge in [0.05, 0.1) is 5.56 Å². The van der Waals surface area contributed by atoms with Crippen molar-refractivity contribution in [1.29, 1.82) is 0 Å². The Morgan fingerprint density at radius 1 is 1.57 bits per heavy atom. The first-order valence-electron chi connectivity index (χ1n) is 3.58. The quantitative estimate of drug-likeness (QED) is 0.722. The molecule has 0 fully saturated rings. The fourth-order valence-corrected chi connectivity index (χ4v) is 1.13. The molecule has 14 heavy (non-hydrogen) atoms. The van der Waals surface area contributed by atoms with Crippen molar-refractivity contribution >= 4 is 16.8 Å². The maximum atomic E-state index is 13.2. The van der Waals surface area contributed by atoms with Crippen molar-refractivity contribution in [3.8, 4) is 0 Å². The number of halogens is 4. The standard InChI is InChI=1S/C8H5ClF3NO/c1-3-2-13-6(8(11)12)4(5(3)10)7(9)14/h2,8H,1H3. The van der Waals surface area contributed by atoms with E-state index in [0.29, 0.717) is 0 Å². The molecule has 0 atom stereocenters. The average Bonchev–Trinajstić information content (AvgIpc) is 2.08. The Balaban J connectivity index is 3.45. The van der Waals surface area contributed by atoms with Crippen molar-refractivity contribution in [2.45, 2.75) is 13.3 Å². The van der Waals surface area contributed by atoms with Gasteiger partial charge in [0.2, 0.25) is 0 Å². The van der Waals surface area contributed by atoms with Crippen LogP contribution in [0.3, 0.4) is 0 Å². The zero-order valence-corrected chi connectivity index (χ0v) is 7.78. The molecule has 0 unspecified atom stereocenters. The second-order valence-corrected chi connectivity index (χ2v) is 2.93. The zero-order chi connectivity index (χ0) is 10.9. The van der Waals surface area contributed by atoms with Gasteiger partial charge in [0.1, 0.15) is 11.5 Å². The van der Waals surface area contributed by atoms with E-state index in [4.69, 9.17) is 11.6 Å². The summed E-state index contributed by atoms with van der Waals surface area (Å²) < 4.78 is 37.7. The van der Waals surface area contributed by atoms with Crippen LogP contribution in [0.4, 0.5) is 13.2 Å². The average molecular weight is 224 g/mol. The first-order valence-corrected chi connectivity index (χ1v) is 3.96. The van der Waals surface area contributed by atoms with Crippen LogP contribution in [0.15, 0.2) is 6.20 Å². The molecular formula is C8H5ClF3NO. The van der Waals surface area contributed by atoms with Gasteiger partial charge in [-0.05, 0) is 18.5 Å². The molecule has 1 aromatic heterocycles. The van der Waals surface area contributed by atoms with E-state index in [1.807, 2.05) is 0 Å². The normalized spacial score (nSPS) is 10.7. The SMILES string of the molecule is Cc1cnc(C(F)F)c(C(=O)Cl)c1F. The molecule has 0 N–H and O–H groups in total. The molecule has 0 aliphatic heterocycles. The van der Waals surface area contributed by atoms with Gasteiger partial charge in [-0.15, -0.1) is 0 Å². The zero-order valence-electron chi connectivity index (χ0n) is 7.02. The Bertz CT molecular complexity index is 381. The van der Waals surface area contributed by atoms with Crippen LogP contribution in [0.25, 0.3) is 0 Å². The highest BCUT2D eigenvalue weighted by atomic mass is 35.5. The topological polar surface area (TPSA) is 30.0 Å². The molecule has 0 radical (unpaired) electrons. The molecule has 0 amide bonds. The molecule has 0 saturated heterocycles. The number of pyridine rings is 1. The molecule has 0 bridgehead atoms. The highest BCUT2D eigenvalue weighted by Crippen LogP contribution is 2.25. The van der Waals surface area contributed by atoms with E-state index in [2.05, 4.69) is 4.98 Å². The van der Waals surface area contributed by atoms with Crippen LogP contribution in [0.2, 0.25) is 0 Å².